The first-order valence-electron chi connectivity index (χ1n) is 9.05. The molecule has 0 aliphatic rings. The number of carbonyl (C=O) groups is 1. The molecule has 0 fully saturated rings. The molecule has 0 saturated carbocycles. The number of nitrogens with two attached hydrogens (primary N) is 1. The number of carbonyl (C=O) groups excluding carboxylic acids is 1. The molecule has 28 heavy (non-hydrogen) atoms. The summed E-state index contributed by atoms with van der Waals surface area (Å²) in [5, 5.41) is 3.24. The van der Waals surface area contributed by atoms with Crippen LogP contribution in [-0.2, 0) is 11.4 Å². The average molecular weight is 377 g/mol. The van der Waals surface area contributed by atoms with Crippen LogP contribution in [-0.4, -0.2) is 13.5 Å². The number of hydrogen-bond donors (Lipinski definition) is 3. The van der Waals surface area contributed by atoms with E-state index in [1.54, 1.807) is 5.43 Å². The maximum atomic E-state index is 8.94. The van der Waals surface area contributed by atoms with Crippen LogP contribution in [0.4, 0.5) is 5.69 Å². The van der Waals surface area contributed by atoms with E-state index in [4.69, 9.17) is 9.53 Å². The van der Waals surface area contributed by atoms with Gasteiger partial charge in [0.2, 0.25) is 6.41 Å². The normalized spacial score (nSPS) is 9.71. The number of hydrazine groups is 1. The first kappa shape index (κ1) is 21.0. The van der Waals surface area contributed by atoms with Gasteiger partial charge in [-0.05, 0) is 48.7 Å². The maximum absolute atomic E-state index is 8.94. The smallest absolute Gasteiger partial charge is 0.221 e. The lowest BCUT2D eigenvalue weighted by atomic mass is 10.0. The summed E-state index contributed by atoms with van der Waals surface area (Å²) in [6.07, 6.45) is 0.403. The minimum absolute atomic E-state index is 0.403. The van der Waals surface area contributed by atoms with Crippen LogP contribution in [0.3, 0.4) is 0 Å². The van der Waals surface area contributed by atoms with Crippen LogP contribution in [0.25, 0.3) is 11.1 Å². The Labute approximate surface area is 166 Å². The lowest BCUT2D eigenvalue weighted by Gasteiger charge is -2.14. The van der Waals surface area contributed by atoms with Crippen molar-refractivity contribution in [3.63, 3.8) is 0 Å². The van der Waals surface area contributed by atoms with E-state index in [0.29, 0.717) is 13.0 Å². The number of amides is 1. The molecular formula is C23H27N3O2. The third-order valence-electron chi connectivity index (χ3n) is 4.32. The molecule has 4 N–H and O–H groups in total. The van der Waals surface area contributed by atoms with E-state index in [-0.39, 0.29) is 0 Å². The Hall–Kier alpha value is -3.31. The lowest BCUT2D eigenvalue weighted by molar-refractivity contribution is -0.109. The van der Waals surface area contributed by atoms with Crippen molar-refractivity contribution < 1.29 is 9.53 Å². The van der Waals surface area contributed by atoms with Crippen LogP contribution >= 0.6 is 0 Å². The Morgan fingerprint density at radius 3 is 2.25 bits per heavy atom. The summed E-state index contributed by atoms with van der Waals surface area (Å²) in [5.41, 5.74) is 8.95. The molecule has 0 radical (unpaired) electrons. The molecule has 3 aromatic carbocycles. The summed E-state index contributed by atoms with van der Waals surface area (Å²) >= 11 is 0. The van der Waals surface area contributed by atoms with Crippen LogP contribution < -0.4 is 21.3 Å². The quantitative estimate of drug-likeness (QED) is 0.260. The second kappa shape index (κ2) is 10.7. The number of ether oxygens (including phenoxy) is 1. The molecule has 0 bridgehead atoms. The SMILES string of the molecule is CNc1cccc(C)c1COc1cccc(-c2cccc(C)c2)c1.NNC=O. The van der Waals surface area contributed by atoms with Gasteiger partial charge >= 0.3 is 0 Å². The molecular weight excluding hydrogens is 350 g/mol. The molecule has 0 heterocycles. The Balaban J connectivity index is 0.000000640. The van der Waals surface area contributed by atoms with Crippen LogP contribution in [0.1, 0.15) is 16.7 Å². The van der Waals surface area contributed by atoms with Crippen molar-refractivity contribution in [2.75, 3.05) is 12.4 Å². The minimum Gasteiger partial charge on any atom is -0.489 e. The van der Waals surface area contributed by atoms with Gasteiger partial charge in [0.15, 0.2) is 0 Å². The van der Waals surface area contributed by atoms with Gasteiger partial charge in [0, 0.05) is 18.3 Å². The monoisotopic (exact) mass is 377 g/mol. The summed E-state index contributed by atoms with van der Waals surface area (Å²) in [7, 11) is 1.94. The zero-order valence-corrected chi connectivity index (χ0v) is 16.5. The van der Waals surface area contributed by atoms with E-state index in [2.05, 4.69) is 79.6 Å². The van der Waals surface area contributed by atoms with E-state index in [1.807, 2.05) is 19.2 Å². The summed E-state index contributed by atoms with van der Waals surface area (Å²) in [5.74, 6) is 5.30. The topological polar surface area (TPSA) is 76.4 Å². The number of nitrogens with one attached hydrogen (secondary N) is 2. The first-order chi connectivity index (χ1) is 13.6. The zero-order valence-electron chi connectivity index (χ0n) is 16.5. The molecule has 0 atom stereocenters. The molecule has 0 aliphatic heterocycles. The number of benzene rings is 3. The predicted molar refractivity (Wildman–Crippen MR) is 115 cm³/mol. The van der Waals surface area contributed by atoms with Gasteiger partial charge in [-0.1, -0.05) is 54.1 Å². The van der Waals surface area contributed by atoms with Gasteiger partial charge in [-0.25, -0.2) is 5.84 Å². The van der Waals surface area contributed by atoms with Gasteiger partial charge in [0.25, 0.3) is 0 Å². The number of hydrogen-bond acceptors (Lipinski definition) is 4. The molecule has 0 saturated heterocycles. The first-order valence-corrected chi connectivity index (χ1v) is 9.05. The lowest BCUT2D eigenvalue weighted by Crippen LogP contribution is -2.18. The van der Waals surface area contributed by atoms with Crippen molar-refractivity contribution in [3.8, 4) is 16.9 Å². The summed E-state index contributed by atoms with van der Waals surface area (Å²) in [4.78, 5) is 8.94. The highest BCUT2D eigenvalue weighted by Gasteiger charge is 2.06. The van der Waals surface area contributed by atoms with Crippen molar-refractivity contribution in [3.05, 3.63) is 83.4 Å². The van der Waals surface area contributed by atoms with Crippen LogP contribution in [0.5, 0.6) is 5.75 Å². The zero-order chi connectivity index (χ0) is 20.4. The molecule has 0 aliphatic carbocycles. The van der Waals surface area contributed by atoms with E-state index in [0.717, 1.165) is 11.4 Å². The summed E-state index contributed by atoms with van der Waals surface area (Å²) in [6.45, 7) is 4.78. The largest absolute Gasteiger partial charge is 0.489 e. The van der Waals surface area contributed by atoms with Crippen LogP contribution in [0.15, 0.2) is 66.7 Å². The molecule has 3 rings (SSSR count). The van der Waals surface area contributed by atoms with Crippen LogP contribution in [0, 0.1) is 13.8 Å². The molecule has 0 aromatic heterocycles. The van der Waals surface area contributed by atoms with E-state index >= 15 is 0 Å². The highest BCUT2D eigenvalue weighted by atomic mass is 16.5. The van der Waals surface area contributed by atoms with Crippen molar-refractivity contribution in [2.24, 2.45) is 5.84 Å². The van der Waals surface area contributed by atoms with Crippen LogP contribution in [0.2, 0.25) is 0 Å². The van der Waals surface area contributed by atoms with Crippen molar-refractivity contribution in [1.82, 2.24) is 5.43 Å². The van der Waals surface area contributed by atoms with E-state index in [9.17, 15) is 0 Å². The molecule has 5 nitrogen and oxygen atoms in total. The van der Waals surface area contributed by atoms with E-state index < -0.39 is 0 Å². The summed E-state index contributed by atoms with van der Waals surface area (Å²) in [6, 6.07) is 23.1. The Morgan fingerprint density at radius 1 is 0.964 bits per heavy atom. The Bertz CT molecular complexity index is 910. The van der Waals surface area contributed by atoms with Gasteiger partial charge in [-0.3, -0.25) is 10.2 Å². The van der Waals surface area contributed by atoms with Crippen molar-refractivity contribution in [1.29, 1.82) is 0 Å². The highest BCUT2D eigenvalue weighted by molar-refractivity contribution is 5.65. The van der Waals surface area contributed by atoms with Gasteiger partial charge < -0.3 is 10.1 Å². The van der Waals surface area contributed by atoms with Crippen molar-refractivity contribution in [2.45, 2.75) is 20.5 Å². The molecule has 3 aromatic rings. The average Bonchev–Trinajstić information content (AvgIpc) is 2.73. The minimum atomic E-state index is 0.403. The summed E-state index contributed by atoms with van der Waals surface area (Å²) < 4.78 is 6.07. The highest BCUT2D eigenvalue weighted by Crippen LogP contribution is 2.26. The van der Waals surface area contributed by atoms with Crippen molar-refractivity contribution >= 4 is 12.1 Å². The van der Waals surface area contributed by atoms with Gasteiger partial charge in [0.05, 0.1) is 0 Å². The fourth-order valence-corrected chi connectivity index (χ4v) is 2.87. The Morgan fingerprint density at radius 2 is 1.61 bits per heavy atom. The van der Waals surface area contributed by atoms with Gasteiger partial charge in [-0.15, -0.1) is 0 Å². The molecule has 1 amide bonds. The molecule has 5 heteroatoms. The second-order valence-corrected chi connectivity index (χ2v) is 6.32. The number of rotatable bonds is 6. The Kier molecular flexibility index (Phi) is 8.06. The second-order valence-electron chi connectivity index (χ2n) is 6.32. The van der Waals surface area contributed by atoms with Gasteiger partial charge in [0.1, 0.15) is 12.4 Å². The third-order valence-corrected chi connectivity index (χ3v) is 4.32. The predicted octanol–water partition coefficient (Wildman–Crippen LogP) is 4.20. The maximum Gasteiger partial charge on any atom is 0.221 e. The van der Waals surface area contributed by atoms with Gasteiger partial charge in [-0.2, -0.15) is 0 Å². The molecule has 0 spiro atoms. The number of anilines is 1. The fourth-order valence-electron chi connectivity index (χ4n) is 2.87. The molecule has 0 unspecified atom stereocenters. The standard InChI is InChI=1S/C22H23NO.CH4N2O/c1-16-7-4-9-18(13-16)19-10-6-11-20(14-19)24-15-21-17(2)8-5-12-22(21)23-3;2-3-1-4/h4-14,23H,15H2,1-3H3;1H,2H2,(H,3,4). The third kappa shape index (κ3) is 5.86. The fraction of sp³-hybridized carbons (Fsp3) is 0.174. The van der Waals surface area contributed by atoms with E-state index in [1.165, 1.54) is 27.8 Å². The molecule has 146 valence electrons. The number of aryl methyl sites for hydroxylation is 2.